The summed E-state index contributed by atoms with van der Waals surface area (Å²) < 4.78 is 5.45. The van der Waals surface area contributed by atoms with Crippen LogP contribution in [0.3, 0.4) is 0 Å². The van der Waals surface area contributed by atoms with E-state index in [0.717, 1.165) is 25.4 Å². The predicted molar refractivity (Wildman–Crippen MR) is 85.4 cm³/mol. The van der Waals surface area contributed by atoms with E-state index in [-0.39, 0.29) is 6.09 Å². The summed E-state index contributed by atoms with van der Waals surface area (Å²) in [5, 5.41) is 3.76. The summed E-state index contributed by atoms with van der Waals surface area (Å²) in [6, 6.07) is 1.09. The van der Waals surface area contributed by atoms with Gasteiger partial charge >= 0.3 is 6.09 Å². The van der Waals surface area contributed by atoms with Crippen molar-refractivity contribution in [1.82, 2.24) is 10.2 Å². The number of likely N-dealkylation sites (tertiary alicyclic amines) is 1. The molecule has 2 fully saturated rings. The van der Waals surface area contributed by atoms with Crippen LogP contribution >= 0.6 is 0 Å². The van der Waals surface area contributed by atoms with Crippen molar-refractivity contribution in [1.29, 1.82) is 0 Å². The number of hydrogen-bond acceptors (Lipinski definition) is 3. The molecule has 2 rings (SSSR count). The molecule has 0 aromatic rings. The summed E-state index contributed by atoms with van der Waals surface area (Å²) in [5.41, 5.74) is -0.402. The third kappa shape index (κ3) is 5.17. The Morgan fingerprint density at radius 1 is 1.14 bits per heavy atom. The van der Waals surface area contributed by atoms with E-state index in [0.29, 0.717) is 12.1 Å². The highest BCUT2D eigenvalue weighted by Crippen LogP contribution is 2.27. The predicted octanol–water partition coefficient (Wildman–Crippen LogP) is 3.55. The lowest BCUT2D eigenvalue weighted by atomic mass is 9.84. The number of carbonyl (C=O) groups is 1. The van der Waals surface area contributed by atoms with Crippen molar-refractivity contribution in [2.45, 2.75) is 83.9 Å². The maximum Gasteiger partial charge on any atom is 0.410 e. The summed E-state index contributed by atoms with van der Waals surface area (Å²) in [6.07, 6.45) is 7.51. The van der Waals surface area contributed by atoms with Crippen LogP contribution in [0.4, 0.5) is 4.79 Å². The number of ether oxygens (including phenoxy) is 1. The minimum Gasteiger partial charge on any atom is -0.444 e. The third-order valence-corrected chi connectivity index (χ3v) is 4.74. The summed E-state index contributed by atoms with van der Waals surface area (Å²) >= 11 is 0. The van der Waals surface area contributed by atoms with Crippen LogP contribution in [0.25, 0.3) is 0 Å². The molecule has 0 spiro atoms. The van der Waals surface area contributed by atoms with E-state index in [4.69, 9.17) is 4.74 Å². The molecule has 1 amide bonds. The monoisotopic (exact) mass is 296 g/mol. The maximum atomic E-state index is 12.1. The summed E-state index contributed by atoms with van der Waals surface area (Å²) in [5.74, 6) is 0.935. The number of rotatable bonds is 3. The van der Waals surface area contributed by atoms with Crippen molar-refractivity contribution >= 4 is 6.09 Å². The third-order valence-electron chi connectivity index (χ3n) is 4.74. The minimum absolute atomic E-state index is 0.165. The fourth-order valence-corrected chi connectivity index (χ4v) is 3.46. The number of nitrogens with one attached hydrogen (secondary N) is 1. The molecule has 122 valence electrons. The van der Waals surface area contributed by atoms with Crippen molar-refractivity contribution in [2.75, 3.05) is 13.1 Å². The van der Waals surface area contributed by atoms with Gasteiger partial charge in [0.15, 0.2) is 0 Å². The van der Waals surface area contributed by atoms with Gasteiger partial charge in [-0.25, -0.2) is 4.79 Å². The zero-order valence-electron chi connectivity index (χ0n) is 14.2. The summed E-state index contributed by atoms with van der Waals surface area (Å²) in [4.78, 5) is 13.9. The largest absolute Gasteiger partial charge is 0.444 e. The zero-order valence-corrected chi connectivity index (χ0v) is 14.2. The second-order valence-electron chi connectivity index (χ2n) is 7.70. The standard InChI is InChI=1S/C17H32N2O2/c1-5-13-6-8-14(9-7-13)18-15-10-11-19(12-15)16(20)21-17(2,3)4/h13-15,18H,5-12H2,1-4H3. The Morgan fingerprint density at radius 3 is 2.38 bits per heavy atom. The molecule has 1 N–H and O–H groups in total. The fourth-order valence-electron chi connectivity index (χ4n) is 3.46. The van der Waals surface area contributed by atoms with E-state index < -0.39 is 5.60 Å². The molecule has 2 aliphatic rings. The highest BCUT2D eigenvalue weighted by molar-refractivity contribution is 5.68. The Morgan fingerprint density at radius 2 is 1.81 bits per heavy atom. The first-order valence-corrected chi connectivity index (χ1v) is 8.61. The first kappa shape index (κ1) is 16.6. The minimum atomic E-state index is -0.402. The fraction of sp³-hybridized carbons (Fsp3) is 0.941. The second-order valence-corrected chi connectivity index (χ2v) is 7.70. The van der Waals surface area contributed by atoms with E-state index in [2.05, 4.69) is 12.2 Å². The Bertz CT molecular complexity index is 343. The van der Waals surface area contributed by atoms with Gasteiger partial charge in [0, 0.05) is 25.2 Å². The van der Waals surface area contributed by atoms with Gasteiger partial charge in [-0.15, -0.1) is 0 Å². The molecule has 21 heavy (non-hydrogen) atoms. The average molecular weight is 296 g/mol. The van der Waals surface area contributed by atoms with Crippen molar-refractivity contribution < 1.29 is 9.53 Å². The molecule has 0 radical (unpaired) electrons. The van der Waals surface area contributed by atoms with Crippen molar-refractivity contribution in [3.8, 4) is 0 Å². The first-order chi connectivity index (χ1) is 9.87. The van der Waals surface area contributed by atoms with Gasteiger partial charge in [-0.2, -0.15) is 0 Å². The molecule has 1 aliphatic heterocycles. The molecule has 1 saturated carbocycles. The van der Waals surface area contributed by atoms with Gasteiger partial charge in [0.1, 0.15) is 5.60 Å². The van der Waals surface area contributed by atoms with Crippen LogP contribution in [0.5, 0.6) is 0 Å². The SMILES string of the molecule is CCC1CCC(NC2CCN(C(=O)OC(C)(C)C)C2)CC1. The van der Waals surface area contributed by atoms with Gasteiger partial charge in [0.05, 0.1) is 0 Å². The van der Waals surface area contributed by atoms with Gasteiger partial charge in [0.25, 0.3) is 0 Å². The lowest BCUT2D eigenvalue weighted by molar-refractivity contribution is 0.0290. The lowest BCUT2D eigenvalue weighted by Crippen LogP contribution is -2.43. The van der Waals surface area contributed by atoms with Crippen LogP contribution in [-0.2, 0) is 4.74 Å². The number of nitrogens with zero attached hydrogens (tertiary/aromatic N) is 1. The van der Waals surface area contributed by atoms with Gasteiger partial charge in [-0.3, -0.25) is 0 Å². The van der Waals surface area contributed by atoms with Crippen molar-refractivity contribution in [2.24, 2.45) is 5.92 Å². The van der Waals surface area contributed by atoms with Crippen LogP contribution in [0.15, 0.2) is 0 Å². The lowest BCUT2D eigenvalue weighted by Gasteiger charge is -2.31. The summed E-state index contributed by atoms with van der Waals surface area (Å²) in [6.45, 7) is 9.67. The van der Waals surface area contributed by atoms with Gasteiger partial charge in [0.2, 0.25) is 0 Å². The molecule has 1 heterocycles. The van der Waals surface area contributed by atoms with Crippen LogP contribution in [0.2, 0.25) is 0 Å². The van der Waals surface area contributed by atoms with Gasteiger partial charge < -0.3 is 15.0 Å². The molecule has 1 saturated heterocycles. The van der Waals surface area contributed by atoms with E-state index in [1.54, 1.807) is 0 Å². The molecule has 0 aromatic heterocycles. The van der Waals surface area contributed by atoms with E-state index in [9.17, 15) is 4.79 Å². The highest BCUT2D eigenvalue weighted by atomic mass is 16.6. The van der Waals surface area contributed by atoms with Crippen LogP contribution < -0.4 is 5.32 Å². The highest BCUT2D eigenvalue weighted by Gasteiger charge is 2.31. The topological polar surface area (TPSA) is 41.6 Å². The maximum absolute atomic E-state index is 12.1. The Kier molecular flexibility index (Phi) is 5.53. The normalized spacial score (nSPS) is 30.5. The molecule has 4 heteroatoms. The number of hydrogen-bond donors (Lipinski definition) is 1. The zero-order chi connectivity index (χ0) is 15.5. The molecule has 1 atom stereocenters. The van der Waals surface area contributed by atoms with Gasteiger partial charge in [-0.05, 0) is 58.8 Å². The van der Waals surface area contributed by atoms with E-state index in [1.807, 2.05) is 25.7 Å². The average Bonchev–Trinajstić information content (AvgIpc) is 2.86. The Balaban J connectivity index is 1.72. The number of amides is 1. The molecule has 0 aromatic carbocycles. The Hall–Kier alpha value is -0.770. The van der Waals surface area contributed by atoms with E-state index in [1.165, 1.54) is 32.1 Å². The second kappa shape index (κ2) is 6.99. The molecule has 1 unspecified atom stereocenters. The van der Waals surface area contributed by atoms with Gasteiger partial charge in [-0.1, -0.05) is 13.3 Å². The smallest absolute Gasteiger partial charge is 0.410 e. The van der Waals surface area contributed by atoms with Crippen LogP contribution in [0, 0.1) is 5.92 Å². The molecule has 4 nitrogen and oxygen atoms in total. The molecule has 1 aliphatic carbocycles. The molecular formula is C17H32N2O2. The quantitative estimate of drug-likeness (QED) is 0.866. The molecular weight excluding hydrogens is 264 g/mol. The molecule has 0 bridgehead atoms. The van der Waals surface area contributed by atoms with Crippen LogP contribution in [-0.4, -0.2) is 41.8 Å². The van der Waals surface area contributed by atoms with E-state index >= 15 is 0 Å². The van der Waals surface area contributed by atoms with Crippen molar-refractivity contribution in [3.05, 3.63) is 0 Å². The van der Waals surface area contributed by atoms with Crippen LogP contribution in [0.1, 0.15) is 66.2 Å². The summed E-state index contributed by atoms with van der Waals surface area (Å²) in [7, 11) is 0. The first-order valence-electron chi connectivity index (χ1n) is 8.61. The Labute approximate surface area is 129 Å². The number of carbonyl (C=O) groups excluding carboxylic acids is 1. The van der Waals surface area contributed by atoms with Crippen molar-refractivity contribution in [3.63, 3.8) is 0 Å².